The van der Waals surface area contributed by atoms with Crippen molar-refractivity contribution >= 4 is 23.0 Å². The summed E-state index contributed by atoms with van der Waals surface area (Å²) in [5.41, 5.74) is 1.86. The van der Waals surface area contributed by atoms with Crippen LogP contribution in [0.15, 0.2) is 83.4 Å². The van der Waals surface area contributed by atoms with Crippen molar-refractivity contribution in [2.24, 2.45) is 0 Å². The Morgan fingerprint density at radius 3 is 2.47 bits per heavy atom. The first-order valence-corrected chi connectivity index (χ1v) is 11.1. The van der Waals surface area contributed by atoms with Crippen molar-refractivity contribution in [3.63, 3.8) is 0 Å². The third kappa shape index (κ3) is 4.44. The van der Waals surface area contributed by atoms with Gasteiger partial charge in [0, 0.05) is 13.7 Å². The summed E-state index contributed by atoms with van der Waals surface area (Å²) in [6.07, 6.45) is 0. The highest BCUT2D eigenvalue weighted by Crippen LogP contribution is 2.39. The van der Waals surface area contributed by atoms with E-state index in [4.69, 9.17) is 9.47 Å². The summed E-state index contributed by atoms with van der Waals surface area (Å²) in [7, 11) is 1.54. The molecule has 0 fully saturated rings. The lowest BCUT2D eigenvalue weighted by molar-refractivity contribution is -0.130. The van der Waals surface area contributed by atoms with Crippen LogP contribution < -0.4 is 4.74 Å². The molecule has 1 aliphatic rings. The zero-order valence-electron chi connectivity index (χ0n) is 17.6. The minimum atomic E-state index is -0.699. The first kappa shape index (κ1) is 21.8. The number of Topliss-reactive ketones (excluding diaryl/α,β-unsaturated/α-hetero) is 1. The second-order valence-corrected chi connectivity index (χ2v) is 8.25. The molecule has 0 bridgehead atoms. The molecule has 6 nitrogen and oxygen atoms in total. The number of methoxy groups -OCH3 is 1. The molecule has 0 radical (unpaired) electrons. The Bertz CT molecular complexity index is 1110. The normalized spacial score (nSPS) is 16.0. The SMILES string of the molecule is COCCN1C(=O)C(O)=C(C(=O)c2cccs2)C1c1ccc(OCc2ccccc2)cc1. The first-order chi connectivity index (χ1) is 15.6. The van der Waals surface area contributed by atoms with Gasteiger partial charge in [-0.3, -0.25) is 9.59 Å². The van der Waals surface area contributed by atoms with E-state index < -0.39 is 17.7 Å². The predicted molar refractivity (Wildman–Crippen MR) is 122 cm³/mol. The molecule has 1 aliphatic heterocycles. The van der Waals surface area contributed by atoms with Gasteiger partial charge in [-0.2, -0.15) is 0 Å². The maximum Gasteiger partial charge on any atom is 0.290 e. The van der Waals surface area contributed by atoms with Gasteiger partial charge in [0.1, 0.15) is 12.4 Å². The minimum Gasteiger partial charge on any atom is -0.503 e. The van der Waals surface area contributed by atoms with Gasteiger partial charge in [0.15, 0.2) is 5.76 Å². The van der Waals surface area contributed by atoms with Crippen LogP contribution in [0.2, 0.25) is 0 Å². The Balaban J connectivity index is 1.61. The van der Waals surface area contributed by atoms with E-state index in [1.165, 1.54) is 16.2 Å². The van der Waals surface area contributed by atoms with Gasteiger partial charge in [-0.15, -0.1) is 11.3 Å². The van der Waals surface area contributed by atoms with Crippen LogP contribution in [0, 0.1) is 0 Å². The lowest BCUT2D eigenvalue weighted by Crippen LogP contribution is -2.33. The number of aliphatic hydroxyl groups excluding tert-OH is 1. The number of nitrogens with zero attached hydrogens (tertiary/aromatic N) is 1. The topological polar surface area (TPSA) is 76.1 Å². The molecule has 0 spiro atoms. The fourth-order valence-corrected chi connectivity index (χ4v) is 4.36. The zero-order chi connectivity index (χ0) is 22.5. The monoisotopic (exact) mass is 449 g/mol. The summed E-state index contributed by atoms with van der Waals surface area (Å²) in [6, 6.07) is 19.8. The molecule has 0 aliphatic carbocycles. The number of ether oxygens (including phenoxy) is 2. The van der Waals surface area contributed by atoms with Crippen LogP contribution in [0.3, 0.4) is 0 Å². The molecular formula is C25H23NO5S. The van der Waals surface area contributed by atoms with Crippen molar-refractivity contribution in [2.75, 3.05) is 20.3 Å². The van der Waals surface area contributed by atoms with E-state index in [9.17, 15) is 14.7 Å². The second-order valence-electron chi connectivity index (χ2n) is 7.31. The maximum absolute atomic E-state index is 13.2. The Labute approximate surface area is 190 Å². The van der Waals surface area contributed by atoms with Crippen LogP contribution in [-0.2, 0) is 16.1 Å². The summed E-state index contributed by atoms with van der Waals surface area (Å²) in [4.78, 5) is 27.9. The molecular weight excluding hydrogens is 426 g/mol. The van der Waals surface area contributed by atoms with Gasteiger partial charge in [-0.05, 0) is 34.7 Å². The highest BCUT2D eigenvalue weighted by molar-refractivity contribution is 7.12. The lowest BCUT2D eigenvalue weighted by Gasteiger charge is -2.26. The molecule has 4 rings (SSSR count). The van der Waals surface area contributed by atoms with Crippen LogP contribution in [0.25, 0.3) is 0 Å². The van der Waals surface area contributed by atoms with E-state index in [2.05, 4.69) is 0 Å². The van der Waals surface area contributed by atoms with Crippen LogP contribution in [0.5, 0.6) is 5.75 Å². The van der Waals surface area contributed by atoms with Gasteiger partial charge < -0.3 is 19.5 Å². The molecule has 1 amide bonds. The van der Waals surface area contributed by atoms with E-state index in [-0.39, 0.29) is 24.5 Å². The van der Waals surface area contributed by atoms with Crippen LogP contribution in [0.1, 0.15) is 26.8 Å². The number of aliphatic hydroxyl groups is 1. The molecule has 164 valence electrons. The van der Waals surface area contributed by atoms with Gasteiger partial charge >= 0.3 is 0 Å². The quantitative estimate of drug-likeness (QED) is 0.485. The average molecular weight is 450 g/mol. The Hall–Kier alpha value is -3.42. The van der Waals surface area contributed by atoms with Crippen molar-refractivity contribution in [3.8, 4) is 5.75 Å². The number of hydrogen-bond acceptors (Lipinski definition) is 6. The van der Waals surface area contributed by atoms with E-state index in [0.717, 1.165) is 5.56 Å². The number of carbonyl (C=O) groups excluding carboxylic acids is 2. The summed E-state index contributed by atoms with van der Waals surface area (Å²) in [5.74, 6) is -0.754. The lowest BCUT2D eigenvalue weighted by atomic mass is 9.95. The summed E-state index contributed by atoms with van der Waals surface area (Å²) >= 11 is 1.28. The standard InChI is InChI=1S/C25H23NO5S/c1-30-14-13-26-22(21(24(28)25(26)29)23(27)20-8-5-15-32-20)18-9-11-19(12-10-18)31-16-17-6-3-2-4-7-17/h2-12,15,22,28H,13-14,16H2,1H3. The summed E-state index contributed by atoms with van der Waals surface area (Å²) in [5, 5.41) is 12.4. The molecule has 2 heterocycles. The van der Waals surface area contributed by atoms with Gasteiger partial charge in [0.2, 0.25) is 5.78 Å². The Morgan fingerprint density at radius 2 is 1.81 bits per heavy atom. The summed E-state index contributed by atoms with van der Waals surface area (Å²) < 4.78 is 11.0. The van der Waals surface area contributed by atoms with Crippen LogP contribution in [0.4, 0.5) is 0 Å². The molecule has 0 saturated carbocycles. The third-order valence-electron chi connectivity index (χ3n) is 5.27. The van der Waals surface area contributed by atoms with Crippen molar-refractivity contribution in [1.82, 2.24) is 4.90 Å². The maximum atomic E-state index is 13.2. The molecule has 1 atom stereocenters. The van der Waals surface area contributed by atoms with E-state index in [0.29, 0.717) is 22.8 Å². The molecule has 0 saturated heterocycles. The minimum absolute atomic E-state index is 0.0894. The number of amides is 1. The summed E-state index contributed by atoms with van der Waals surface area (Å²) in [6.45, 7) is 0.969. The third-order valence-corrected chi connectivity index (χ3v) is 6.14. The molecule has 1 aromatic heterocycles. The second kappa shape index (κ2) is 9.80. The largest absolute Gasteiger partial charge is 0.503 e. The van der Waals surface area contributed by atoms with Crippen LogP contribution in [-0.4, -0.2) is 42.0 Å². The van der Waals surface area contributed by atoms with E-state index in [1.54, 1.807) is 36.8 Å². The zero-order valence-corrected chi connectivity index (χ0v) is 18.4. The number of carbonyl (C=O) groups is 2. The number of benzene rings is 2. The first-order valence-electron chi connectivity index (χ1n) is 10.2. The van der Waals surface area contributed by atoms with Crippen molar-refractivity contribution in [2.45, 2.75) is 12.6 Å². The van der Waals surface area contributed by atoms with Crippen LogP contribution >= 0.6 is 11.3 Å². The number of ketones is 1. The van der Waals surface area contributed by atoms with Gasteiger partial charge in [0.05, 0.1) is 23.1 Å². The highest BCUT2D eigenvalue weighted by Gasteiger charge is 2.43. The molecule has 1 unspecified atom stereocenters. The highest BCUT2D eigenvalue weighted by atomic mass is 32.1. The number of hydrogen-bond donors (Lipinski definition) is 1. The molecule has 1 N–H and O–H groups in total. The van der Waals surface area contributed by atoms with E-state index in [1.807, 2.05) is 42.5 Å². The average Bonchev–Trinajstić information content (AvgIpc) is 3.45. The molecule has 2 aromatic carbocycles. The van der Waals surface area contributed by atoms with E-state index >= 15 is 0 Å². The van der Waals surface area contributed by atoms with Crippen molar-refractivity contribution in [1.29, 1.82) is 0 Å². The van der Waals surface area contributed by atoms with Crippen molar-refractivity contribution < 1.29 is 24.2 Å². The Morgan fingerprint density at radius 1 is 1.06 bits per heavy atom. The van der Waals surface area contributed by atoms with Gasteiger partial charge in [0.25, 0.3) is 5.91 Å². The van der Waals surface area contributed by atoms with Crippen molar-refractivity contribution in [3.05, 3.63) is 99.4 Å². The smallest absolute Gasteiger partial charge is 0.290 e. The number of rotatable bonds is 9. The predicted octanol–water partition coefficient (Wildman–Crippen LogP) is 4.55. The fraction of sp³-hybridized carbons (Fsp3) is 0.200. The Kier molecular flexibility index (Phi) is 6.68. The van der Waals surface area contributed by atoms with Gasteiger partial charge in [-0.25, -0.2) is 0 Å². The van der Waals surface area contributed by atoms with Gasteiger partial charge in [-0.1, -0.05) is 48.5 Å². The fourth-order valence-electron chi connectivity index (χ4n) is 3.68. The molecule has 32 heavy (non-hydrogen) atoms. The number of thiophene rings is 1. The molecule has 3 aromatic rings. The molecule has 7 heteroatoms.